The highest BCUT2D eigenvalue weighted by molar-refractivity contribution is 5.63. The van der Waals surface area contributed by atoms with Crippen molar-refractivity contribution in [3.05, 3.63) is 34.4 Å². The van der Waals surface area contributed by atoms with Crippen LogP contribution in [0.15, 0.2) is 24.3 Å². The van der Waals surface area contributed by atoms with Crippen molar-refractivity contribution in [2.45, 2.75) is 38.7 Å². The van der Waals surface area contributed by atoms with Crippen LogP contribution >= 0.6 is 0 Å². The molecule has 1 heterocycles. The van der Waals surface area contributed by atoms with E-state index in [0.717, 1.165) is 0 Å². The van der Waals surface area contributed by atoms with Crippen LogP contribution in [0, 0.1) is 10.1 Å². The van der Waals surface area contributed by atoms with Crippen molar-refractivity contribution >= 4 is 11.4 Å². The van der Waals surface area contributed by atoms with Crippen LogP contribution in [0.5, 0.6) is 0 Å². The van der Waals surface area contributed by atoms with Gasteiger partial charge in [-0.25, -0.2) is 4.39 Å². The van der Waals surface area contributed by atoms with Gasteiger partial charge in [0.2, 0.25) is 0 Å². The molecule has 136 valence electrons. The first-order valence-corrected chi connectivity index (χ1v) is 7.58. The Balaban J connectivity index is 0.00000139. The van der Waals surface area contributed by atoms with Crippen molar-refractivity contribution in [1.82, 2.24) is 0 Å². The van der Waals surface area contributed by atoms with Crippen LogP contribution < -0.4 is 4.90 Å². The molecule has 0 spiro atoms. The standard InChI is InChI=1S/C13H14F4N2O3.C2H6/c14-12(9-22-13(15,16)17)5-7-18(8-6-12)10-3-1-2-4-11(10)19(20)21;1-2/h1-4H,5-9H2;1-2H3. The summed E-state index contributed by atoms with van der Waals surface area (Å²) in [7, 11) is 0. The van der Waals surface area contributed by atoms with Gasteiger partial charge in [0.15, 0.2) is 0 Å². The molecule has 1 saturated heterocycles. The number of benzene rings is 1. The molecule has 2 rings (SSSR count). The number of hydrogen-bond donors (Lipinski definition) is 0. The Morgan fingerprint density at radius 1 is 1.25 bits per heavy atom. The third kappa shape index (κ3) is 5.63. The van der Waals surface area contributed by atoms with Crippen molar-refractivity contribution < 1.29 is 27.2 Å². The highest BCUT2D eigenvalue weighted by atomic mass is 19.4. The normalized spacial score (nSPS) is 17.0. The number of halogens is 4. The molecular weight excluding hydrogens is 332 g/mol. The van der Waals surface area contributed by atoms with Gasteiger partial charge in [-0.3, -0.25) is 14.9 Å². The first-order valence-electron chi connectivity index (χ1n) is 7.58. The summed E-state index contributed by atoms with van der Waals surface area (Å²) in [4.78, 5) is 12.0. The summed E-state index contributed by atoms with van der Waals surface area (Å²) in [6.45, 7) is 3.12. The molecule has 5 nitrogen and oxygen atoms in total. The van der Waals surface area contributed by atoms with Gasteiger partial charge in [-0.1, -0.05) is 26.0 Å². The summed E-state index contributed by atoms with van der Waals surface area (Å²) in [6.07, 6.45) is -5.24. The van der Waals surface area contributed by atoms with Gasteiger partial charge in [0.1, 0.15) is 11.4 Å². The van der Waals surface area contributed by atoms with Crippen LogP contribution in [-0.4, -0.2) is 36.7 Å². The minimum atomic E-state index is -4.87. The number of nitro groups is 1. The Kier molecular flexibility index (Phi) is 6.94. The van der Waals surface area contributed by atoms with Crippen LogP contribution in [0.2, 0.25) is 0 Å². The summed E-state index contributed by atoms with van der Waals surface area (Å²) in [6, 6.07) is 6.00. The second-order valence-corrected chi connectivity index (χ2v) is 5.12. The molecule has 0 aromatic heterocycles. The predicted molar refractivity (Wildman–Crippen MR) is 81.7 cm³/mol. The highest BCUT2D eigenvalue weighted by Gasteiger charge is 2.40. The van der Waals surface area contributed by atoms with Crippen LogP contribution in [0.3, 0.4) is 0 Å². The van der Waals surface area contributed by atoms with Gasteiger partial charge >= 0.3 is 6.36 Å². The Morgan fingerprint density at radius 3 is 2.29 bits per heavy atom. The Labute approximate surface area is 137 Å². The quantitative estimate of drug-likeness (QED) is 0.456. The fraction of sp³-hybridized carbons (Fsp3) is 0.600. The summed E-state index contributed by atoms with van der Waals surface area (Å²) < 4.78 is 53.8. The van der Waals surface area contributed by atoms with Crippen LogP contribution in [0.25, 0.3) is 0 Å². The van der Waals surface area contributed by atoms with Crippen molar-refractivity contribution in [3.63, 3.8) is 0 Å². The molecule has 0 radical (unpaired) electrons. The van der Waals surface area contributed by atoms with Gasteiger partial charge in [0.25, 0.3) is 5.69 Å². The molecule has 0 aliphatic carbocycles. The van der Waals surface area contributed by atoms with E-state index in [0.29, 0.717) is 5.69 Å². The van der Waals surface area contributed by atoms with Gasteiger partial charge in [-0.15, -0.1) is 13.2 Å². The number of hydrogen-bond acceptors (Lipinski definition) is 4. The molecule has 1 fully saturated rings. The number of piperidine rings is 1. The first kappa shape index (κ1) is 20.1. The predicted octanol–water partition coefficient (Wildman–Crippen LogP) is 4.47. The van der Waals surface area contributed by atoms with Crippen LogP contribution in [0.4, 0.5) is 28.9 Å². The van der Waals surface area contributed by atoms with E-state index in [1.54, 1.807) is 11.0 Å². The Hall–Kier alpha value is -1.90. The molecule has 1 aliphatic rings. The first-order chi connectivity index (χ1) is 11.2. The van der Waals surface area contributed by atoms with Gasteiger partial charge in [0.05, 0.1) is 11.5 Å². The second kappa shape index (κ2) is 8.27. The summed E-state index contributed by atoms with van der Waals surface area (Å²) >= 11 is 0. The second-order valence-electron chi connectivity index (χ2n) is 5.12. The molecule has 0 saturated carbocycles. The van der Waals surface area contributed by atoms with Gasteiger partial charge in [0, 0.05) is 32.0 Å². The van der Waals surface area contributed by atoms with Gasteiger partial charge < -0.3 is 4.90 Å². The molecule has 0 N–H and O–H groups in total. The third-order valence-corrected chi connectivity index (χ3v) is 3.57. The minimum Gasteiger partial charge on any atom is -0.366 e. The SMILES string of the molecule is CC.O=[N+]([O-])c1ccccc1N1CCC(F)(COC(F)(F)F)CC1. The number of alkyl halides is 4. The Bertz CT molecular complexity index is 544. The monoisotopic (exact) mass is 352 g/mol. The molecular formula is C15H20F4N2O3. The zero-order valence-corrected chi connectivity index (χ0v) is 13.5. The van der Waals surface area contributed by atoms with E-state index in [1.807, 2.05) is 13.8 Å². The van der Waals surface area contributed by atoms with E-state index < -0.39 is 23.6 Å². The molecule has 1 aliphatic heterocycles. The molecule has 9 heteroatoms. The lowest BCUT2D eigenvalue weighted by Gasteiger charge is -2.37. The van der Waals surface area contributed by atoms with Gasteiger partial charge in [-0.05, 0) is 6.07 Å². The van der Waals surface area contributed by atoms with Crippen molar-refractivity contribution in [2.24, 2.45) is 0 Å². The van der Waals surface area contributed by atoms with Crippen molar-refractivity contribution in [2.75, 3.05) is 24.6 Å². The van der Waals surface area contributed by atoms with E-state index in [-0.39, 0.29) is 31.6 Å². The molecule has 1 aromatic carbocycles. The Morgan fingerprint density at radius 2 is 1.79 bits per heavy atom. The maximum atomic E-state index is 14.3. The van der Waals surface area contributed by atoms with E-state index in [4.69, 9.17) is 0 Å². The average molecular weight is 352 g/mol. The fourth-order valence-corrected chi connectivity index (χ4v) is 2.39. The number of para-hydroxylation sites is 2. The van der Waals surface area contributed by atoms with E-state index in [1.165, 1.54) is 18.2 Å². The van der Waals surface area contributed by atoms with Crippen molar-refractivity contribution in [1.29, 1.82) is 0 Å². The molecule has 24 heavy (non-hydrogen) atoms. The average Bonchev–Trinajstić information content (AvgIpc) is 2.55. The topological polar surface area (TPSA) is 55.6 Å². The lowest BCUT2D eigenvalue weighted by atomic mass is 9.94. The zero-order valence-electron chi connectivity index (χ0n) is 13.5. The van der Waals surface area contributed by atoms with E-state index >= 15 is 0 Å². The lowest BCUT2D eigenvalue weighted by molar-refractivity contribution is -0.384. The number of anilines is 1. The maximum absolute atomic E-state index is 14.3. The highest BCUT2D eigenvalue weighted by Crippen LogP contribution is 2.35. The van der Waals surface area contributed by atoms with E-state index in [9.17, 15) is 27.7 Å². The summed E-state index contributed by atoms with van der Waals surface area (Å²) in [5.41, 5.74) is -1.85. The minimum absolute atomic E-state index is 0.0859. The number of ether oxygens (including phenoxy) is 1. The number of nitrogens with zero attached hydrogens (tertiary/aromatic N) is 2. The van der Waals surface area contributed by atoms with Crippen molar-refractivity contribution in [3.8, 4) is 0 Å². The molecule has 0 amide bonds. The fourth-order valence-electron chi connectivity index (χ4n) is 2.39. The van der Waals surface area contributed by atoms with Crippen LogP contribution in [-0.2, 0) is 4.74 Å². The van der Waals surface area contributed by atoms with Gasteiger partial charge in [-0.2, -0.15) is 0 Å². The lowest BCUT2D eigenvalue weighted by Crippen LogP contribution is -2.45. The zero-order chi connectivity index (χ0) is 18.4. The number of nitro benzene ring substituents is 1. The molecule has 0 unspecified atom stereocenters. The maximum Gasteiger partial charge on any atom is 0.522 e. The molecule has 0 atom stereocenters. The summed E-state index contributed by atoms with van der Waals surface area (Å²) in [5.74, 6) is 0. The largest absolute Gasteiger partial charge is 0.522 e. The third-order valence-electron chi connectivity index (χ3n) is 3.57. The summed E-state index contributed by atoms with van der Waals surface area (Å²) in [5, 5.41) is 11.0. The van der Waals surface area contributed by atoms with Crippen LogP contribution in [0.1, 0.15) is 26.7 Å². The smallest absolute Gasteiger partial charge is 0.366 e. The number of rotatable bonds is 4. The molecule has 0 bridgehead atoms. The van der Waals surface area contributed by atoms with E-state index in [2.05, 4.69) is 4.74 Å². The molecule has 1 aromatic rings.